The molecule has 0 bridgehead atoms. The Labute approximate surface area is 165 Å². The van der Waals surface area contributed by atoms with Crippen molar-refractivity contribution in [3.05, 3.63) is 47.7 Å². The molecule has 1 aliphatic heterocycles. The number of carbonyl (C=O) groups is 1. The van der Waals surface area contributed by atoms with E-state index in [1.54, 1.807) is 6.20 Å². The smallest absolute Gasteiger partial charge is 0.254 e. The third-order valence-electron chi connectivity index (χ3n) is 5.61. The van der Waals surface area contributed by atoms with Crippen LogP contribution in [0.25, 0.3) is 22.3 Å². The number of pyridine rings is 1. The van der Waals surface area contributed by atoms with Gasteiger partial charge in [-0.15, -0.1) is 0 Å². The van der Waals surface area contributed by atoms with Crippen LogP contribution in [-0.4, -0.2) is 51.8 Å². The number of nitrogens with one attached hydrogen (secondary N) is 1. The summed E-state index contributed by atoms with van der Waals surface area (Å²) in [5.41, 5.74) is 4.42. The van der Waals surface area contributed by atoms with Gasteiger partial charge in [0.25, 0.3) is 5.91 Å². The fourth-order valence-electron chi connectivity index (χ4n) is 3.90. The summed E-state index contributed by atoms with van der Waals surface area (Å²) in [7, 11) is 1.90. The Kier molecular flexibility index (Phi) is 4.89. The van der Waals surface area contributed by atoms with Crippen LogP contribution in [0.2, 0.25) is 0 Å². The molecule has 1 saturated heterocycles. The highest BCUT2D eigenvalue weighted by Gasteiger charge is 2.27. The van der Waals surface area contributed by atoms with E-state index in [1.165, 1.54) is 0 Å². The molecule has 1 fully saturated rings. The number of carbonyl (C=O) groups excluding carboxylic acids is 1. The second-order valence-corrected chi connectivity index (χ2v) is 7.85. The van der Waals surface area contributed by atoms with Crippen molar-refractivity contribution < 1.29 is 4.79 Å². The van der Waals surface area contributed by atoms with Crippen LogP contribution in [0.15, 0.2) is 36.5 Å². The highest BCUT2D eigenvalue weighted by atomic mass is 16.2. The first-order valence-electron chi connectivity index (χ1n) is 9.89. The van der Waals surface area contributed by atoms with Crippen LogP contribution in [0.4, 0.5) is 0 Å². The van der Waals surface area contributed by atoms with Gasteiger partial charge in [-0.05, 0) is 45.4 Å². The Morgan fingerprint density at radius 3 is 2.79 bits per heavy atom. The molecule has 1 aliphatic rings. The van der Waals surface area contributed by atoms with Crippen molar-refractivity contribution >= 4 is 16.9 Å². The van der Waals surface area contributed by atoms with Gasteiger partial charge in [-0.25, -0.2) is 9.67 Å². The molecule has 2 aromatic heterocycles. The first-order valence-corrected chi connectivity index (χ1v) is 9.89. The number of fused-ring (bicyclic) bond motifs is 1. The third kappa shape index (κ3) is 3.18. The van der Waals surface area contributed by atoms with E-state index in [2.05, 4.69) is 43.3 Å². The molecule has 4 rings (SSSR count). The van der Waals surface area contributed by atoms with E-state index in [0.717, 1.165) is 47.4 Å². The lowest BCUT2D eigenvalue weighted by atomic mass is 10.0. The van der Waals surface area contributed by atoms with Crippen LogP contribution in [0, 0.1) is 6.92 Å². The second-order valence-electron chi connectivity index (χ2n) is 7.85. The molecule has 1 unspecified atom stereocenters. The van der Waals surface area contributed by atoms with Crippen LogP contribution in [-0.2, 0) is 0 Å². The summed E-state index contributed by atoms with van der Waals surface area (Å²) in [5.74, 6) is 0.0271. The van der Waals surface area contributed by atoms with Gasteiger partial charge in [-0.3, -0.25) is 4.79 Å². The van der Waals surface area contributed by atoms with Gasteiger partial charge in [0.2, 0.25) is 0 Å². The maximum Gasteiger partial charge on any atom is 0.254 e. The highest BCUT2D eigenvalue weighted by molar-refractivity contribution is 6.06. The lowest BCUT2D eigenvalue weighted by Gasteiger charge is -2.24. The molecule has 28 heavy (non-hydrogen) atoms. The molecule has 0 spiro atoms. The molecule has 1 N–H and O–H groups in total. The summed E-state index contributed by atoms with van der Waals surface area (Å²) >= 11 is 0. The standard InChI is InChI=1S/C22H27N5O/c1-14(2)27-21-19(13-24-27)18(22(28)26(4)16-9-10-23-12-16)11-20(25-21)17-8-6-5-7-15(17)3/h5-8,11,13-14,16,23H,9-10,12H2,1-4H3. The van der Waals surface area contributed by atoms with E-state index >= 15 is 0 Å². The van der Waals surface area contributed by atoms with Crippen molar-refractivity contribution in [3.63, 3.8) is 0 Å². The number of aryl methyl sites for hydroxylation is 1. The van der Waals surface area contributed by atoms with Gasteiger partial charge < -0.3 is 10.2 Å². The van der Waals surface area contributed by atoms with Gasteiger partial charge in [-0.2, -0.15) is 5.10 Å². The summed E-state index contributed by atoms with van der Waals surface area (Å²) in [6, 6.07) is 10.5. The van der Waals surface area contributed by atoms with Gasteiger partial charge in [-0.1, -0.05) is 24.3 Å². The zero-order valence-corrected chi connectivity index (χ0v) is 16.9. The molecule has 0 radical (unpaired) electrons. The quantitative estimate of drug-likeness (QED) is 0.757. The molecule has 0 aliphatic carbocycles. The number of hydrogen-bond donors (Lipinski definition) is 1. The monoisotopic (exact) mass is 377 g/mol. The number of rotatable bonds is 4. The SMILES string of the molecule is Cc1ccccc1-c1cc(C(=O)N(C)C2CCNC2)c2cnn(C(C)C)c2n1. The molecule has 3 aromatic rings. The molecule has 0 saturated carbocycles. The summed E-state index contributed by atoms with van der Waals surface area (Å²) in [6.07, 6.45) is 2.75. The maximum absolute atomic E-state index is 13.4. The summed E-state index contributed by atoms with van der Waals surface area (Å²) < 4.78 is 1.89. The minimum Gasteiger partial charge on any atom is -0.337 e. The third-order valence-corrected chi connectivity index (χ3v) is 5.61. The van der Waals surface area contributed by atoms with Crippen molar-refractivity contribution in [3.8, 4) is 11.3 Å². The molecular weight excluding hydrogens is 350 g/mol. The zero-order chi connectivity index (χ0) is 19.8. The first-order chi connectivity index (χ1) is 13.5. The predicted octanol–water partition coefficient (Wildman–Crippen LogP) is 3.42. The molecule has 146 valence electrons. The molecule has 1 aromatic carbocycles. The Morgan fingerprint density at radius 2 is 2.11 bits per heavy atom. The first kappa shape index (κ1) is 18.6. The molecule has 6 nitrogen and oxygen atoms in total. The van der Waals surface area contributed by atoms with Crippen molar-refractivity contribution in [2.24, 2.45) is 0 Å². The van der Waals surface area contributed by atoms with E-state index in [-0.39, 0.29) is 18.0 Å². The second kappa shape index (κ2) is 7.36. The van der Waals surface area contributed by atoms with Crippen molar-refractivity contribution in [2.75, 3.05) is 20.1 Å². The zero-order valence-electron chi connectivity index (χ0n) is 16.9. The van der Waals surface area contributed by atoms with Crippen LogP contribution in [0.5, 0.6) is 0 Å². The summed E-state index contributed by atoms with van der Waals surface area (Å²) in [6.45, 7) is 8.01. The number of nitrogens with zero attached hydrogens (tertiary/aromatic N) is 4. The lowest BCUT2D eigenvalue weighted by Crippen LogP contribution is -2.38. The van der Waals surface area contributed by atoms with E-state index in [4.69, 9.17) is 4.98 Å². The van der Waals surface area contributed by atoms with E-state index in [0.29, 0.717) is 5.56 Å². The minimum atomic E-state index is 0.0271. The van der Waals surface area contributed by atoms with E-state index in [9.17, 15) is 4.79 Å². The largest absolute Gasteiger partial charge is 0.337 e. The Hall–Kier alpha value is -2.73. The highest BCUT2D eigenvalue weighted by Crippen LogP contribution is 2.29. The molecule has 3 heterocycles. The topological polar surface area (TPSA) is 63.1 Å². The van der Waals surface area contributed by atoms with Gasteiger partial charge in [0.1, 0.15) is 0 Å². The average Bonchev–Trinajstić information content (AvgIpc) is 3.36. The number of amides is 1. The van der Waals surface area contributed by atoms with Crippen molar-refractivity contribution in [1.82, 2.24) is 25.0 Å². The molecule has 1 amide bonds. The average molecular weight is 377 g/mol. The Balaban J connectivity index is 1.89. The number of benzene rings is 1. The number of likely N-dealkylation sites (N-methyl/N-ethyl adjacent to an activating group) is 1. The number of aromatic nitrogens is 3. The predicted molar refractivity (Wildman–Crippen MR) is 111 cm³/mol. The minimum absolute atomic E-state index is 0.0271. The summed E-state index contributed by atoms with van der Waals surface area (Å²) in [5, 5.41) is 8.67. The molecule has 1 atom stereocenters. The lowest BCUT2D eigenvalue weighted by molar-refractivity contribution is 0.0745. The normalized spacial score (nSPS) is 16.8. The summed E-state index contributed by atoms with van der Waals surface area (Å²) in [4.78, 5) is 20.2. The fourth-order valence-corrected chi connectivity index (χ4v) is 3.90. The van der Waals surface area contributed by atoms with Crippen LogP contribution < -0.4 is 5.32 Å². The Morgan fingerprint density at radius 1 is 1.32 bits per heavy atom. The van der Waals surface area contributed by atoms with Gasteiger partial charge >= 0.3 is 0 Å². The van der Waals surface area contributed by atoms with Crippen molar-refractivity contribution in [2.45, 2.75) is 39.3 Å². The van der Waals surface area contributed by atoms with Crippen LogP contribution >= 0.6 is 0 Å². The number of hydrogen-bond acceptors (Lipinski definition) is 4. The Bertz CT molecular complexity index is 1020. The maximum atomic E-state index is 13.4. The van der Waals surface area contributed by atoms with E-state index in [1.807, 2.05) is 34.8 Å². The molecular formula is C22H27N5O. The van der Waals surface area contributed by atoms with Gasteiger partial charge in [0.15, 0.2) is 5.65 Å². The molecule has 6 heteroatoms. The van der Waals surface area contributed by atoms with Crippen molar-refractivity contribution in [1.29, 1.82) is 0 Å². The fraction of sp³-hybridized carbons (Fsp3) is 0.409. The van der Waals surface area contributed by atoms with Crippen LogP contribution in [0.1, 0.15) is 42.2 Å². The van der Waals surface area contributed by atoms with E-state index < -0.39 is 0 Å². The van der Waals surface area contributed by atoms with Gasteiger partial charge in [0, 0.05) is 31.2 Å². The van der Waals surface area contributed by atoms with Gasteiger partial charge in [0.05, 0.1) is 22.8 Å². The van der Waals surface area contributed by atoms with Crippen LogP contribution in [0.3, 0.4) is 0 Å².